The molecule has 0 unspecified atom stereocenters. The van der Waals surface area contributed by atoms with Crippen LogP contribution in [0.2, 0.25) is 0 Å². The lowest BCUT2D eigenvalue weighted by Gasteiger charge is -1.97. The summed E-state index contributed by atoms with van der Waals surface area (Å²) in [5.41, 5.74) is 0. The molecule has 3 aromatic rings. The second-order valence-corrected chi connectivity index (χ2v) is 5.42. The van der Waals surface area contributed by atoms with Crippen molar-refractivity contribution in [2.75, 3.05) is 0 Å². The summed E-state index contributed by atoms with van der Waals surface area (Å²) in [6.45, 7) is 0. The lowest BCUT2D eigenvalue weighted by molar-refractivity contribution is 0.0702. The molecule has 0 saturated carbocycles. The van der Waals surface area contributed by atoms with E-state index in [1.54, 1.807) is 11.4 Å². The first kappa shape index (κ1) is 10.6. The van der Waals surface area contributed by atoms with Crippen LogP contribution in [0.15, 0.2) is 17.5 Å². The Hall–Kier alpha value is -1.53. The number of hydrogen-bond acceptors (Lipinski definition) is 3. The Kier molecular flexibility index (Phi) is 2.17. The summed E-state index contributed by atoms with van der Waals surface area (Å²) < 4.78 is 27.7. The monoisotopic (exact) mass is 270 g/mol. The third kappa shape index (κ3) is 1.37. The van der Waals surface area contributed by atoms with Crippen LogP contribution >= 0.6 is 22.7 Å². The average Bonchev–Trinajstić information content (AvgIpc) is 2.91. The molecule has 1 N–H and O–H groups in total. The molecular formula is C11H4F2O2S2. The normalized spacial score (nSPS) is 11.4. The standard InChI is InChI=1S/C11H4F2O2S2/c12-7-8(13)10-5(3-6(17-10)11(14)15)4-1-2-16-9(4)7/h1-3H,(H,14,15). The highest BCUT2D eigenvalue weighted by molar-refractivity contribution is 7.21. The molecule has 0 aliphatic rings. The van der Waals surface area contributed by atoms with Crippen LogP contribution in [0, 0.1) is 11.6 Å². The molecule has 0 saturated heterocycles. The second-order valence-electron chi connectivity index (χ2n) is 3.45. The fraction of sp³-hybridized carbons (Fsp3) is 0. The fourth-order valence-electron chi connectivity index (χ4n) is 1.75. The number of fused-ring (bicyclic) bond motifs is 3. The number of aromatic carboxylic acids is 1. The van der Waals surface area contributed by atoms with Gasteiger partial charge in [-0.25, -0.2) is 13.6 Å². The predicted octanol–water partition coefficient (Wildman–Crippen LogP) is 4.09. The van der Waals surface area contributed by atoms with Gasteiger partial charge in [0.15, 0.2) is 11.6 Å². The summed E-state index contributed by atoms with van der Waals surface area (Å²) >= 11 is 1.86. The molecule has 2 nitrogen and oxygen atoms in total. The molecule has 3 rings (SSSR count). The van der Waals surface area contributed by atoms with E-state index >= 15 is 0 Å². The summed E-state index contributed by atoms with van der Waals surface area (Å²) in [4.78, 5) is 10.8. The second kappa shape index (κ2) is 3.48. The zero-order valence-electron chi connectivity index (χ0n) is 8.16. The highest BCUT2D eigenvalue weighted by atomic mass is 32.1. The number of benzene rings is 1. The highest BCUT2D eigenvalue weighted by Gasteiger charge is 2.19. The molecule has 0 radical (unpaired) electrons. The molecule has 1 aromatic carbocycles. The maximum atomic E-state index is 13.7. The minimum absolute atomic E-state index is 0.0111. The molecule has 0 atom stereocenters. The minimum Gasteiger partial charge on any atom is -0.477 e. The van der Waals surface area contributed by atoms with Crippen molar-refractivity contribution < 1.29 is 18.7 Å². The topological polar surface area (TPSA) is 37.3 Å². The third-order valence-electron chi connectivity index (χ3n) is 2.49. The first-order chi connectivity index (χ1) is 8.09. The van der Waals surface area contributed by atoms with Crippen molar-refractivity contribution in [2.45, 2.75) is 0 Å². The molecule has 0 spiro atoms. The molecule has 17 heavy (non-hydrogen) atoms. The summed E-state index contributed by atoms with van der Waals surface area (Å²) in [7, 11) is 0. The van der Waals surface area contributed by atoms with Gasteiger partial charge in [-0.1, -0.05) is 0 Å². The van der Waals surface area contributed by atoms with Crippen LogP contribution in [0.4, 0.5) is 8.78 Å². The SMILES string of the molecule is O=C(O)c1cc2c(s1)c(F)c(F)c1sccc12. The van der Waals surface area contributed by atoms with Crippen molar-refractivity contribution in [3.8, 4) is 0 Å². The zero-order valence-corrected chi connectivity index (χ0v) is 9.79. The summed E-state index contributed by atoms with van der Waals surface area (Å²) in [5.74, 6) is -3.00. The molecule has 0 fully saturated rings. The van der Waals surface area contributed by atoms with Crippen LogP contribution < -0.4 is 0 Å². The van der Waals surface area contributed by atoms with Gasteiger partial charge in [0.1, 0.15) is 4.88 Å². The van der Waals surface area contributed by atoms with Crippen LogP contribution in [0.25, 0.3) is 20.2 Å². The summed E-state index contributed by atoms with van der Waals surface area (Å²) in [5, 5.41) is 11.5. The van der Waals surface area contributed by atoms with Crippen LogP contribution in [0.3, 0.4) is 0 Å². The summed E-state index contributed by atoms with van der Waals surface area (Å²) in [6, 6.07) is 3.06. The van der Waals surface area contributed by atoms with Gasteiger partial charge in [0, 0.05) is 10.8 Å². The van der Waals surface area contributed by atoms with E-state index in [2.05, 4.69) is 0 Å². The van der Waals surface area contributed by atoms with Crippen LogP contribution in [0.1, 0.15) is 9.67 Å². The van der Waals surface area contributed by atoms with Crippen molar-refractivity contribution in [2.24, 2.45) is 0 Å². The lowest BCUT2D eigenvalue weighted by atomic mass is 10.1. The van der Waals surface area contributed by atoms with Gasteiger partial charge in [-0.05, 0) is 17.5 Å². The number of carboxylic acid groups (broad SMARTS) is 1. The van der Waals surface area contributed by atoms with Crippen LogP contribution in [-0.2, 0) is 0 Å². The molecule has 0 aliphatic carbocycles. The minimum atomic E-state index is -1.13. The Balaban J connectivity index is 2.56. The number of halogens is 2. The van der Waals surface area contributed by atoms with E-state index in [0.717, 1.165) is 22.7 Å². The zero-order chi connectivity index (χ0) is 12.2. The Bertz CT molecular complexity index is 758. The number of rotatable bonds is 1. The van der Waals surface area contributed by atoms with E-state index in [0.29, 0.717) is 10.8 Å². The van der Waals surface area contributed by atoms with E-state index in [4.69, 9.17) is 5.11 Å². The smallest absolute Gasteiger partial charge is 0.345 e. The van der Waals surface area contributed by atoms with Gasteiger partial charge in [0.2, 0.25) is 0 Å². The maximum absolute atomic E-state index is 13.7. The molecule has 6 heteroatoms. The fourth-order valence-corrected chi connectivity index (χ4v) is 3.53. The predicted molar refractivity (Wildman–Crippen MR) is 64.1 cm³/mol. The van der Waals surface area contributed by atoms with Crippen molar-refractivity contribution >= 4 is 48.8 Å². The third-order valence-corrected chi connectivity index (χ3v) is 4.51. The summed E-state index contributed by atoms with van der Waals surface area (Å²) in [6.07, 6.45) is 0. The molecule has 0 aliphatic heterocycles. The van der Waals surface area contributed by atoms with Crippen LogP contribution in [0.5, 0.6) is 0 Å². The number of carboxylic acids is 1. The Morgan fingerprint density at radius 2 is 1.88 bits per heavy atom. The first-order valence-corrected chi connectivity index (χ1v) is 6.30. The van der Waals surface area contributed by atoms with Gasteiger partial charge >= 0.3 is 5.97 Å². The Labute approximate surface area is 102 Å². The van der Waals surface area contributed by atoms with Crippen molar-refractivity contribution in [1.29, 1.82) is 0 Å². The van der Waals surface area contributed by atoms with Crippen molar-refractivity contribution in [3.63, 3.8) is 0 Å². The quantitative estimate of drug-likeness (QED) is 0.723. The largest absolute Gasteiger partial charge is 0.477 e. The van der Waals surface area contributed by atoms with Gasteiger partial charge in [-0.3, -0.25) is 0 Å². The molecular weight excluding hydrogens is 266 g/mol. The van der Waals surface area contributed by atoms with E-state index in [-0.39, 0.29) is 14.3 Å². The Morgan fingerprint density at radius 1 is 1.18 bits per heavy atom. The van der Waals surface area contributed by atoms with E-state index < -0.39 is 17.6 Å². The molecule has 0 bridgehead atoms. The Morgan fingerprint density at radius 3 is 2.59 bits per heavy atom. The maximum Gasteiger partial charge on any atom is 0.345 e. The van der Waals surface area contributed by atoms with E-state index in [1.165, 1.54) is 6.07 Å². The van der Waals surface area contributed by atoms with E-state index in [9.17, 15) is 13.6 Å². The van der Waals surface area contributed by atoms with Gasteiger partial charge in [0.25, 0.3) is 0 Å². The molecule has 2 aromatic heterocycles. The highest BCUT2D eigenvalue weighted by Crippen LogP contribution is 2.38. The van der Waals surface area contributed by atoms with Gasteiger partial charge in [0.05, 0.1) is 9.40 Å². The molecule has 86 valence electrons. The number of thiophene rings is 2. The number of hydrogen-bond donors (Lipinski definition) is 1. The van der Waals surface area contributed by atoms with Gasteiger partial charge < -0.3 is 5.11 Å². The molecule has 0 amide bonds. The van der Waals surface area contributed by atoms with Crippen LogP contribution in [-0.4, -0.2) is 11.1 Å². The average molecular weight is 270 g/mol. The lowest BCUT2D eigenvalue weighted by Crippen LogP contribution is -1.89. The van der Waals surface area contributed by atoms with Gasteiger partial charge in [-0.2, -0.15) is 0 Å². The van der Waals surface area contributed by atoms with Crippen molar-refractivity contribution in [3.05, 3.63) is 34.0 Å². The van der Waals surface area contributed by atoms with E-state index in [1.807, 2.05) is 0 Å². The first-order valence-electron chi connectivity index (χ1n) is 4.60. The van der Waals surface area contributed by atoms with Crippen molar-refractivity contribution in [1.82, 2.24) is 0 Å². The van der Waals surface area contributed by atoms with Gasteiger partial charge in [-0.15, -0.1) is 22.7 Å². The molecule has 2 heterocycles. The number of carbonyl (C=O) groups is 1.